The van der Waals surface area contributed by atoms with E-state index in [-0.39, 0.29) is 18.3 Å². The number of hydrogen-bond donors (Lipinski definition) is 1. The van der Waals surface area contributed by atoms with E-state index >= 15 is 0 Å². The van der Waals surface area contributed by atoms with Gasteiger partial charge in [-0.3, -0.25) is 5.41 Å². The molecule has 5 heteroatoms. The highest BCUT2D eigenvalue weighted by Gasteiger charge is 1.94. The Hall–Kier alpha value is -0.770. The quantitative estimate of drug-likeness (QED) is 0.457. The summed E-state index contributed by atoms with van der Waals surface area (Å²) in [6.07, 6.45) is -0.437. The van der Waals surface area contributed by atoms with Gasteiger partial charge < -0.3 is 14.6 Å². The van der Waals surface area contributed by atoms with Crippen molar-refractivity contribution in [3.8, 4) is 0 Å². The van der Waals surface area contributed by atoms with E-state index in [1.54, 1.807) is 6.92 Å². The fraction of sp³-hybridized carbons (Fsp3) is 0.600. The Morgan fingerprint density at radius 1 is 1.70 bits per heavy atom. The lowest BCUT2D eigenvalue weighted by molar-refractivity contribution is -0.304. The normalized spacial score (nSPS) is 7.70. The van der Waals surface area contributed by atoms with Gasteiger partial charge in [0.1, 0.15) is 0 Å². The maximum Gasteiger partial charge on any atom is 0.186 e. The Balaban J connectivity index is 0. The highest BCUT2D eigenvalue weighted by molar-refractivity contribution is 5.90. The van der Waals surface area contributed by atoms with E-state index in [4.69, 9.17) is 5.41 Å². The molecular weight excluding hydrogens is 158 g/mol. The van der Waals surface area contributed by atoms with Crippen LogP contribution < -0.4 is 5.11 Å². The summed E-state index contributed by atoms with van der Waals surface area (Å²) in [5.74, 6) is -1.54. The van der Waals surface area contributed by atoms with Crippen LogP contribution in [0.25, 0.3) is 0 Å². The summed E-state index contributed by atoms with van der Waals surface area (Å²) >= 11 is 0. The highest BCUT2D eigenvalue weighted by atomic mass is 35.5. The molecule has 0 fully saturated rings. The van der Waals surface area contributed by atoms with Crippen molar-refractivity contribution < 1.29 is 14.6 Å². The van der Waals surface area contributed by atoms with Crippen molar-refractivity contribution in [2.45, 2.75) is 13.3 Å². The third-order valence-corrected chi connectivity index (χ3v) is 0.623. The number of rotatable bonds is 3. The largest absolute Gasteiger partial charge is 0.550 e. The molecule has 0 spiro atoms. The van der Waals surface area contributed by atoms with Gasteiger partial charge in [0.15, 0.2) is 5.90 Å². The first-order chi connectivity index (χ1) is 4.16. The lowest BCUT2D eigenvalue weighted by Crippen LogP contribution is -2.25. The van der Waals surface area contributed by atoms with E-state index in [1.807, 2.05) is 0 Å². The van der Waals surface area contributed by atoms with Gasteiger partial charge in [0.25, 0.3) is 0 Å². The second-order valence-electron chi connectivity index (χ2n) is 1.40. The molecule has 0 atom stereocenters. The number of halogens is 1. The van der Waals surface area contributed by atoms with Gasteiger partial charge in [-0.2, -0.15) is 0 Å². The van der Waals surface area contributed by atoms with Gasteiger partial charge in [0, 0.05) is 0 Å². The van der Waals surface area contributed by atoms with E-state index < -0.39 is 12.4 Å². The fourth-order valence-corrected chi connectivity index (χ4v) is 0.356. The number of carboxylic acid groups (broad SMARTS) is 1. The molecule has 0 aliphatic rings. The minimum absolute atomic E-state index is 0. The molecule has 0 radical (unpaired) electrons. The molecule has 0 heterocycles. The number of aliphatic carboxylic acids is 1. The van der Waals surface area contributed by atoms with Crippen molar-refractivity contribution in [1.82, 2.24) is 0 Å². The molecule has 0 aliphatic heterocycles. The first kappa shape index (κ1) is 12.0. The molecule has 0 aromatic rings. The van der Waals surface area contributed by atoms with Crippen molar-refractivity contribution in [2.75, 3.05) is 6.61 Å². The number of hydrogen-bond acceptors (Lipinski definition) is 4. The Morgan fingerprint density at radius 3 is 2.50 bits per heavy atom. The van der Waals surface area contributed by atoms with Gasteiger partial charge in [-0.1, -0.05) is 0 Å². The minimum Gasteiger partial charge on any atom is -0.550 e. The second kappa shape index (κ2) is 6.35. The lowest BCUT2D eigenvalue weighted by atomic mass is 10.4. The third-order valence-electron chi connectivity index (χ3n) is 0.623. The van der Waals surface area contributed by atoms with Crippen LogP contribution in [0.15, 0.2) is 0 Å². The SMILES string of the molecule is CCOC(=N)CC(=O)[O-].Cl. The Morgan fingerprint density at radius 2 is 2.20 bits per heavy atom. The fourth-order valence-electron chi connectivity index (χ4n) is 0.356. The van der Waals surface area contributed by atoms with Crippen LogP contribution in [0.3, 0.4) is 0 Å². The molecule has 0 unspecified atom stereocenters. The molecule has 1 N–H and O–H groups in total. The molecule has 0 amide bonds. The van der Waals surface area contributed by atoms with Gasteiger partial charge in [0.2, 0.25) is 0 Å². The molecule has 0 aromatic heterocycles. The molecule has 0 aliphatic carbocycles. The lowest BCUT2D eigenvalue weighted by Gasteiger charge is -2.03. The Kier molecular flexibility index (Phi) is 7.60. The maximum atomic E-state index is 9.75. The zero-order valence-electron chi connectivity index (χ0n) is 5.55. The van der Waals surface area contributed by atoms with E-state index in [1.165, 1.54) is 0 Å². The Labute approximate surface area is 65.1 Å². The molecule has 0 bridgehead atoms. The molecule has 0 rings (SSSR count). The maximum absolute atomic E-state index is 9.75. The van der Waals surface area contributed by atoms with Gasteiger partial charge >= 0.3 is 0 Å². The van der Waals surface area contributed by atoms with E-state index in [0.717, 1.165) is 0 Å². The van der Waals surface area contributed by atoms with Crippen LogP contribution in [0.1, 0.15) is 13.3 Å². The van der Waals surface area contributed by atoms with Crippen molar-refractivity contribution in [3.63, 3.8) is 0 Å². The summed E-state index contributed by atoms with van der Waals surface area (Å²) in [6, 6.07) is 0. The molecule has 0 saturated carbocycles. The highest BCUT2D eigenvalue weighted by Crippen LogP contribution is 1.83. The Bertz CT molecular complexity index is 126. The smallest absolute Gasteiger partial charge is 0.186 e. The number of ether oxygens (including phenoxy) is 1. The zero-order valence-corrected chi connectivity index (χ0v) is 6.36. The van der Waals surface area contributed by atoms with Crippen LogP contribution in [0.2, 0.25) is 0 Å². The van der Waals surface area contributed by atoms with E-state index in [0.29, 0.717) is 6.61 Å². The monoisotopic (exact) mass is 166 g/mol. The van der Waals surface area contributed by atoms with Crippen LogP contribution in [-0.2, 0) is 9.53 Å². The van der Waals surface area contributed by atoms with Crippen molar-refractivity contribution >= 4 is 24.3 Å². The predicted octanol–water partition coefficient (Wildman–Crippen LogP) is -0.438. The summed E-state index contributed by atoms with van der Waals surface area (Å²) < 4.78 is 4.52. The van der Waals surface area contributed by atoms with E-state index in [9.17, 15) is 9.90 Å². The average Bonchev–Trinajstić information content (AvgIpc) is 1.63. The zero-order chi connectivity index (χ0) is 7.28. The van der Waals surface area contributed by atoms with Crippen LogP contribution in [0, 0.1) is 5.41 Å². The molecule has 4 nitrogen and oxygen atoms in total. The summed E-state index contributed by atoms with van der Waals surface area (Å²) in [4.78, 5) is 9.75. The topological polar surface area (TPSA) is 73.2 Å². The first-order valence-corrected chi connectivity index (χ1v) is 2.57. The molecule has 0 saturated heterocycles. The predicted molar refractivity (Wildman–Crippen MR) is 36.2 cm³/mol. The number of nitrogens with one attached hydrogen (secondary N) is 1. The average molecular weight is 167 g/mol. The summed E-state index contributed by atoms with van der Waals surface area (Å²) in [6.45, 7) is 2.01. The van der Waals surface area contributed by atoms with Crippen molar-refractivity contribution in [1.29, 1.82) is 5.41 Å². The summed E-state index contributed by atoms with van der Waals surface area (Å²) in [5, 5.41) is 16.5. The van der Waals surface area contributed by atoms with Crippen LogP contribution in [0.4, 0.5) is 0 Å². The van der Waals surface area contributed by atoms with Crippen molar-refractivity contribution in [2.24, 2.45) is 0 Å². The van der Waals surface area contributed by atoms with Gasteiger partial charge in [-0.15, -0.1) is 12.4 Å². The van der Waals surface area contributed by atoms with Crippen LogP contribution in [0.5, 0.6) is 0 Å². The van der Waals surface area contributed by atoms with Crippen molar-refractivity contribution in [3.05, 3.63) is 0 Å². The number of carbonyl (C=O) groups is 1. The minimum atomic E-state index is -1.28. The van der Waals surface area contributed by atoms with Gasteiger partial charge in [-0.05, 0) is 6.92 Å². The van der Waals surface area contributed by atoms with Crippen LogP contribution in [-0.4, -0.2) is 18.5 Å². The van der Waals surface area contributed by atoms with Gasteiger partial charge in [0.05, 0.1) is 19.0 Å². The van der Waals surface area contributed by atoms with Crippen LogP contribution >= 0.6 is 12.4 Å². The second-order valence-corrected chi connectivity index (χ2v) is 1.40. The number of carbonyl (C=O) groups excluding carboxylic acids is 1. The summed E-state index contributed by atoms with van der Waals surface area (Å²) in [7, 11) is 0. The molecular formula is C5H9ClNO3-. The van der Waals surface area contributed by atoms with Gasteiger partial charge in [-0.25, -0.2) is 0 Å². The molecule has 10 heavy (non-hydrogen) atoms. The molecule has 0 aromatic carbocycles. The third kappa shape index (κ3) is 7.23. The summed E-state index contributed by atoms with van der Waals surface area (Å²) in [5.41, 5.74) is 0. The first-order valence-electron chi connectivity index (χ1n) is 2.57. The number of carboxylic acids is 1. The molecule has 60 valence electrons. The van der Waals surface area contributed by atoms with E-state index in [2.05, 4.69) is 4.74 Å². The standard InChI is InChI=1S/C5H9NO3.ClH/c1-2-9-4(6)3-5(7)8;/h6H,2-3H2,1H3,(H,7,8);1H/p-1.